The highest BCUT2D eigenvalue weighted by molar-refractivity contribution is 5.80. The van der Waals surface area contributed by atoms with E-state index in [9.17, 15) is 9.59 Å². The first-order valence-electron chi connectivity index (χ1n) is 9.22. The van der Waals surface area contributed by atoms with Gasteiger partial charge in [-0.1, -0.05) is 31.4 Å². The number of benzene rings is 1. The van der Waals surface area contributed by atoms with Crippen LogP contribution in [-0.4, -0.2) is 43.1 Å². The number of amides is 1. The van der Waals surface area contributed by atoms with E-state index in [1.165, 1.54) is 6.42 Å². The Morgan fingerprint density at radius 1 is 1.12 bits per heavy atom. The summed E-state index contributed by atoms with van der Waals surface area (Å²) in [5.74, 6) is 0.629. The molecule has 0 saturated heterocycles. The molecule has 1 fully saturated rings. The lowest BCUT2D eigenvalue weighted by molar-refractivity contribution is -0.144. The van der Waals surface area contributed by atoms with Gasteiger partial charge in [-0.3, -0.25) is 9.59 Å². The smallest absolute Gasteiger partial charge is 0.307 e. The second kappa shape index (κ2) is 10.1. The van der Waals surface area contributed by atoms with E-state index < -0.39 is 0 Å². The lowest BCUT2D eigenvalue weighted by Gasteiger charge is -2.34. The molecule has 1 saturated carbocycles. The number of hydrogen-bond acceptors (Lipinski definition) is 4. The van der Waals surface area contributed by atoms with E-state index in [-0.39, 0.29) is 24.3 Å². The quantitative estimate of drug-likeness (QED) is 0.677. The van der Waals surface area contributed by atoms with Crippen molar-refractivity contribution in [3.05, 3.63) is 29.8 Å². The van der Waals surface area contributed by atoms with Crippen LogP contribution in [-0.2, 0) is 20.7 Å². The molecule has 1 aliphatic carbocycles. The maximum atomic E-state index is 12.9. The van der Waals surface area contributed by atoms with Crippen molar-refractivity contribution in [2.45, 2.75) is 57.9 Å². The van der Waals surface area contributed by atoms with Crippen LogP contribution in [0.15, 0.2) is 24.3 Å². The van der Waals surface area contributed by atoms with Gasteiger partial charge in [-0.05, 0) is 37.5 Å². The van der Waals surface area contributed by atoms with Crippen molar-refractivity contribution in [1.29, 1.82) is 0 Å². The van der Waals surface area contributed by atoms with Crippen molar-refractivity contribution < 1.29 is 19.1 Å². The van der Waals surface area contributed by atoms with Crippen molar-refractivity contribution in [3.8, 4) is 5.75 Å². The Balaban J connectivity index is 2.00. The molecule has 1 amide bonds. The molecule has 0 N–H and O–H groups in total. The highest BCUT2D eigenvalue weighted by Crippen LogP contribution is 2.24. The number of hydrogen-bond donors (Lipinski definition) is 0. The van der Waals surface area contributed by atoms with Gasteiger partial charge in [-0.15, -0.1) is 0 Å². The molecule has 5 nitrogen and oxygen atoms in total. The summed E-state index contributed by atoms with van der Waals surface area (Å²) in [4.78, 5) is 26.5. The largest absolute Gasteiger partial charge is 0.497 e. The minimum absolute atomic E-state index is 0.0846. The number of carbonyl (C=O) groups excluding carboxylic acids is 2. The summed E-state index contributed by atoms with van der Waals surface area (Å²) < 4.78 is 10.2. The molecule has 1 aliphatic rings. The van der Waals surface area contributed by atoms with Crippen molar-refractivity contribution >= 4 is 11.9 Å². The molecule has 25 heavy (non-hydrogen) atoms. The highest BCUT2D eigenvalue weighted by atomic mass is 16.5. The Morgan fingerprint density at radius 2 is 1.80 bits per heavy atom. The molecule has 0 heterocycles. The van der Waals surface area contributed by atoms with Gasteiger partial charge in [0.25, 0.3) is 0 Å². The zero-order valence-electron chi connectivity index (χ0n) is 15.3. The predicted molar refractivity (Wildman–Crippen MR) is 96.5 cm³/mol. The summed E-state index contributed by atoms with van der Waals surface area (Å²) in [6.07, 6.45) is 6.19. The normalized spacial score (nSPS) is 14.8. The zero-order valence-corrected chi connectivity index (χ0v) is 15.3. The minimum Gasteiger partial charge on any atom is -0.497 e. The predicted octanol–water partition coefficient (Wildman–Crippen LogP) is 3.35. The van der Waals surface area contributed by atoms with Crippen LogP contribution >= 0.6 is 0 Å². The zero-order chi connectivity index (χ0) is 18.1. The average Bonchev–Trinajstić information content (AvgIpc) is 2.63. The van der Waals surface area contributed by atoms with E-state index in [4.69, 9.17) is 9.47 Å². The number of esters is 1. The highest BCUT2D eigenvalue weighted by Gasteiger charge is 2.26. The van der Waals surface area contributed by atoms with Crippen LogP contribution in [0.3, 0.4) is 0 Å². The molecule has 1 aromatic carbocycles. The van der Waals surface area contributed by atoms with Crippen molar-refractivity contribution in [2.75, 3.05) is 20.3 Å². The number of nitrogens with zero attached hydrogens (tertiary/aromatic N) is 1. The monoisotopic (exact) mass is 347 g/mol. The van der Waals surface area contributed by atoms with Gasteiger partial charge in [-0.25, -0.2) is 0 Å². The molecule has 1 aromatic rings. The Hall–Kier alpha value is -2.04. The van der Waals surface area contributed by atoms with Gasteiger partial charge in [0.2, 0.25) is 5.91 Å². The van der Waals surface area contributed by atoms with Gasteiger partial charge in [0.1, 0.15) is 5.75 Å². The molecule has 5 heteroatoms. The summed E-state index contributed by atoms with van der Waals surface area (Å²) in [7, 11) is 1.63. The molecule has 0 atom stereocenters. The molecule has 2 rings (SSSR count). The second-order valence-electron chi connectivity index (χ2n) is 6.46. The van der Waals surface area contributed by atoms with E-state index in [2.05, 4.69) is 0 Å². The minimum atomic E-state index is -0.236. The van der Waals surface area contributed by atoms with E-state index in [1.807, 2.05) is 29.2 Å². The summed E-state index contributed by atoms with van der Waals surface area (Å²) in [5, 5.41) is 0. The molecule has 0 spiro atoms. The van der Waals surface area contributed by atoms with Gasteiger partial charge >= 0.3 is 5.97 Å². The molecule has 0 bridgehead atoms. The SMILES string of the molecule is CCOC(=O)CCN(C(=O)Cc1ccc(OC)cc1)C1CCCCC1. The van der Waals surface area contributed by atoms with Crippen molar-refractivity contribution in [3.63, 3.8) is 0 Å². The van der Waals surface area contributed by atoms with Gasteiger partial charge in [0, 0.05) is 12.6 Å². The second-order valence-corrected chi connectivity index (χ2v) is 6.46. The first-order valence-corrected chi connectivity index (χ1v) is 9.22. The topological polar surface area (TPSA) is 55.8 Å². The Labute approximate surface area is 150 Å². The number of rotatable bonds is 8. The molecule has 0 aromatic heterocycles. The lowest BCUT2D eigenvalue weighted by Crippen LogP contribution is -2.43. The van der Waals surface area contributed by atoms with E-state index >= 15 is 0 Å². The number of carbonyl (C=O) groups is 2. The Morgan fingerprint density at radius 3 is 2.40 bits per heavy atom. The van der Waals surface area contributed by atoms with Crippen LogP contribution in [0.25, 0.3) is 0 Å². The van der Waals surface area contributed by atoms with Crippen LogP contribution in [0, 0.1) is 0 Å². The van der Waals surface area contributed by atoms with Crippen LogP contribution < -0.4 is 4.74 Å². The van der Waals surface area contributed by atoms with Crippen LogP contribution in [0.5, 0.6) is 5.75 Å². The first kappa shape index (κ1) is 19.3. The molecular weight excluding hydrogens is 318 g/mol. The fourth-order valence-electron chi connectivity index (χ4n) is 3.37. The first-order chi connectivity index (χ1) is 12.1. The third-order valence-electron chi connectivity index (χ3n) is 4.71. The number of methoxy groups -OCH3 is 1. The summed E-state index contributed by atoms with van der Waals surface area (Å²) in [5.41, 5.74) is 0.961. The third kappa shape index (κ3) is 6.07. The standard InChI is InChI=1S/C20H29NO4/c1-3-25-20(23)13-14-21(17-7-5-4-6-8-17)19(22)15-16-9-11-18(24-2)12-10-16/h9-12,17H,3-8,13-15H2,1-2H3. The van der Waals surface area contributed by atoms with Gasteiger partial charge in [-0.2, -0.15) is 0 Å². The molecule has 0 unspecified atom stereocenters. The summed E-state index contributed by atoms with van der Waals surface area (Å²) in [6, 6.07) is 7.81. The molecular formula is C20H29NO4. The van der Waals surface area contributed by atoms with Crippen molar-refractivity contribution in [1.82, 2.24) is 4.90 Å². The van der Waals surface area contributed by atoms with Gasteiger partial charge < -0.3 is 14.4 Å². The van der Waals surface area contributed by atoms with E-state index in [1.54, 1.807) is 14.0 Å². The van der Waals surface area contributed by atoms with E-state index in [0.717, 1.165) is 37.0 Å². The summed E-state index contributed by atoms with van der Waals surface area (Å²) in [6.45, 7) is 2.62. The lowest BCUT2D eigenvalue weighted by atomic mass is 9.93. The third-order valence-corrected chi connectivity index (χ3v) is 4.71. The van der Waals surface area contributed by atoms with Crippen LogP contribution in [0.4, 0.5) is 0 Å². The fourth-order valence-corrected chi connectivity index (χ4v) is 3.37. The molecule has 0 radical (unpaired) electrons. The maximum absolute atomic E-state index is 12.9. The fraction of sp³-hybridized carbons (Fsp3) is 0.600. The van der Waals surface area contributed by atoms with Gasteiger partial charge in [0.15, 0.2) is 0 Å². The summed E-state index contributed by atoms with van der Waals surface area (Å²) >= 11 is 0. The molecule has 0 aliphatic heterocycles. The maximum Gasteiger partial charge on any atom is 0.307 e. The van der Waals surface area contributed by atoms with E-state index in [0.29, 0.717) is 19.6 Å². The van der Waals surface area contributed by atoms with Crippen LogP contribution in [0.1, 0.15) is 51.0 Å². The van der Waals surface area contributed by atoms with Crippen LogP contribution in [0.2, 0.25) is 0 Å². The number of ether oxygens (including phenoxy) is 2. The van der Waals surface area contributed by atoms with Gasteiger partial charge in [0.05, 0.1) is 26.6 Å². The van der Waals surface area contributed by atoms with Crippen molar-refractivity contribution in [2.24, 2.45) is 0 Å². The molecule has 138 valence electrons. The average molecular weight is 347 g/mol. The Bertz CT molecular complexity index is 549. The Kier molecular flexibility index (Phi) is 7.76.